The molecule has 1 aromatic carbocycles. The first-order valence-electron chi connectivity index (χ1n) is 5.80. The SMILES string of the molecule is CC(=O)c1ccc(C)c(NC(=O)OC(C)(C)C)c1. The van der Waals surface area contributed by atoms with Crippen molar-refractivity contribution in [2.45, 2.75) is 40.2 Å². The van der Waals surface area contributed by atoms with Gasteiger partial charge in [0, 0.05) is 11.3 Å². The highest BCUT2D eigenvalue weighted by molar-refractivity contribution is 5.96. The van der Waals surface area contributed by atoms with Crippen molar-refractivity contribution in [1.82, 2.24) is 0 Å². The minimum absolute atomic E-state index is 0.0396. The largest absolute Gasteiger partial charge is 0.444 e. The minimum Gasteiger partial charge on any atom is -0.444 e. The lowest BCUT2D eigenvalue weighted by Crippen LogP contribution is -2.27. The zero-order valence-electron chi connectivity index (χ0n) is 11.5. The monoisotopic (exact) mass is 249 g/mol. The first-order chi connectivity index (χ1) is 8.19. The maximum Gasteiger partial charge on any atom is 0.412 e. The average molecular weight is 249 g/mol. The summed E-state index contributed by atoms with van der Waals surface area (Å²) in [4.78, 5) is 22.9. The molecule has 0 saturated heterocycles. The number of hydrogen-bond acceptors (Lipinski definition) is 3. The quantitative estimate of drug-likeness (QED) is 0.815. The molecule has 0 bridgehead atoms. The van der Waals surface area contributed by atoms with Crippen LogP contribution >= 0.6 is 0 Å². The van der Waals surface area contributed by atoms with Crippen LogP contribution in [0.1, 0.15) is 43.6 Å². The number of carbonyl (C=O) groups is 2. The Bertz CT molecular complexity index is 472. The van der Waals surface area contributed by atoms with Crippen molar-refractivity contribution in [1.29, 1.82) is 0 Å². The van der Waals surface area contributed by atoms with Crippen LogP contribution in [-0.4, -0.2) is 17.5 Å². The number of anilines is 1. The van der Waals surface area contributed by atoms with Gasteiger partial charge < -0.3 is 4.74 Å². The van der Waals surface area contributed by atoms with Crippen molar-refractivity contribution in [3.8, 4) is 0 Å². The standard InChI is InChI=1S/C14H19NO3/c1-9-6-7-11(10(2)16)8-12(9)15-13(17)18-14(3,4)5/h6-8H,1-5H3,(H,15,17). The lowest BCUT2D eigenvalue weighted by molar-refractivity contribution is 0.0635. The van der Waals surface area contributed by atoms with Crippen LogP contribution in [-0.2, 0) is 4.74 Å². The summed E-state index contributed by atoms with van der Waals surface area (Å²) in [5.41, 5.74) is 1.49. The van der Waals surface area contributed by atoms with Crippen LogP contribution in [0.4, 0.5) is 10.5 Å². The van der Waals surface area contributed by atoms with Gasteiger partial charge in [-0.2, -0.15) is 0 Å². The zero-order valence-corrected chi connectivity index (χ0v) is 11.5. The van der Waals surface area contributed by atoms with E-state index in [0.717, 1.165) is 5.56 Å². The number of rotatable bonds is 2. The molecule has 0 fully saturated rings. The van der Waals surface area contributed by atoms with Gasteiger partial charge in [0.15, 0.2) is 5.78 Å². The number of Topliss-reactive ketones (excluding diaryl/α,β-unsaturated/α-hetero) is 1. The van der Waals surface area contributed by atoms with Crippen molar-refractivity contribution in [3.05, 3.63) is 29.3 Å². The second-order valence-corrected chi connectivity index (χ2v) is 5.21. The second kappa shape index (κ2) is 5.21. The molecule has 0 aliphatic rings. The molecule has 0 radical (unpaired) electrons. The van der Waals surface area contributed by atoms with Crippen molar-refractivity contribution in [2.75, 3.05) is 5.32 Å². The number of benzene rings is 1. The van der Waals surface area contributed by atoms with E-state index in [4.69, 9.17) is 4.74 Å². The molecule has 0 spiro atoms. The minimum atomic E-state index is -0.545. The first kappa shape index (κ1) is 14.2. The summed E-state index contributed by atoms with van der Waals surface area (Å²) in [6, 6.07) is 5.18. The molecule has 0 unspecified atom stereocenters. The number of amides is 1. The van der Waals surface area contributed by atoms with Crippen molar-refractivity contribution in [2.24, 2.45) is 0 Å². The molecule has 0 aliphatic heterocycles. The topological polar surface area (TPSA) is 55.4 Å². The van der Waals surface area contributed by atoms with E-state index in [0.29, 0.717) is 11.3 Å². The Labute approximate surface area is 107 Å². The molecule has 0 atom stereocenters. The molecule has 1 aromatic rings. The molecule has 98 valence electrons. The zero-order chi connectivity index (χ0) is 13.9. The van der Waals surface area contributed by atoms with Crippen molar-refractivity contribution < 1.29 is 14.3 Å². The maximum absolute atomic E-state index is 11.6. The maximum atomic E-state index is 11.6. The molecule has 4 nitrogen and oxygen atoms in total. The molecule has 0 saturated carbocycles. The number of hydrogen-bond donors (Lipinski definition) is 1. The van der Waals surface area contributed by atoms with Crippen LogP contribution in [0.2, 0.25) is 0 Å². The summed E-state index contributed by atoms with van der Waals surface area (Å²) in [5.74, 6) is -0.0396. The van der Waals surface area contributed by atoms with Gasteiger partial charge in [-0.15, -0.1) is 0 Å². The third-order valence-electron chi connectivity index (χ3n) is 2.28. The van der Waals surface area contributed by atoms with Gasteiger partial charge in [-0.1, -0.05) is 12.1 Å². The molecule has 0 heterocycles. The summed E-state index contributed by atoms with van der Waals surface area (Å²) in [5, 5.41) is 2.65. The summed E-state index contributed by atoms with van der Waals surface area (Å²) in [7, 11) is 0. The van der Waals surface area contributed by atoms with Gasteiger partial charge in [-0.05, 0) is 46.2 Å². The molecular weight excluding hydrogens is 230 g/mol. The third kappa shape index (κ3) is 4.20. The van der Waals surface area contributed by atoms with Gasteiger partial charge in [0.25, 0.3) is 0 Å². The van der Waals surface area contributed by atoms with Gasteiger partial charge in [-0.25, -0.2) is 4.79 Å². The van der Waals surface area contributed by atoms with E-state index >= 15 is 0 Å². The first-order valence-corrected chi connectivity index (χ1v) is 5.80. The predicted molar refractivity (Wildman–Crippen MR) is 71.0 cm³/mol. The van der Waals surface area contributed by atoms with E-state index in [-0.39, 0.29) is 5.78 Å². The molecule has 4 heteroatoms. The molecule has 1 N–H and O–H groups in total. The molecule has 0 aliphatic carbocycles. The van der Waals surface area contributed by atoms with Crippen LogP contribution in [0.25, 0.3) is 0 Å². The lowest BCUT2D eigenvalue weighted by atomic mass is 10.1. The number of nitrogens with one attached hydrogen (secondary N) is 1. The number of ketones is 1. The highest BCUT2D eigenvalue weighted by Crippen LogP contribution is 2.18. The predicted octanol–water partition coefficient (Wildman–Crippen LogP) is 3.54. The van der Waals surface area contributed by atoms with Gasteiger partial charge >= 0.3 is 6.09 Å². The molecule has 1 rings (SSSR count). The summed E-state index contributed by atoms with van der Waals surface area (Å²) >= 11 is 0. The van der Waals surface area contributed by atoms with Gasteiger partial charge in [0.05, 0.1) is 0 Å². The second-order valence-electron chi connectivity index (χ2n) is 5.21. The Morgan fingerprint density at radius 1 is 1.22 bits per heavy atom. The van der Waals surface area contributed by atoms with E-state index in [9.17, 15) is 9.59 Å². The van der Waals surface area contributed by atoms with E-state index in [1.54, 1.807) is 39.0 Å². The van der Waals surface area contributed by atoms with E-state index in [1.807, 2.05) is 6.92 Å². The fraction of sp³-hybridized carbons (Fsp3) is 0.429. The number of carbonyl (C=O) groups excluding carboxylic acids is 2. The fourth-order valence-corrected chi connectivity index (χ4v) is 1.39. The average Bonchev–Trinajstić information content (AvgIpc) is 2.18. The molecule has 18 heavy (non-hydrogen) atoms. The van der Waals surface area contributed by atoms with E-state index in [2.05, 4.69) is 5.32 Å². The lowest BCUT2D eigenvalue weighted by Gasteiger charge is -2.20. The van der Waals surface area contributed by atoms with Gasteiger partial charge in [-0.3, -0.25) is 10.1 Å². The van der Waals surface area contributed by atoms with Crippen LogP contribution in [0.5, 0.6) is 0 Å². The van der Waals surface area contributed by atoms with Crippen LogP contribution in [0, 0.1) is 6.92 Å². The van der Waals surface area contributed by atoms with Crippen molar-refractivity contribution >= 4 is 17.6 Å². The van der Waals surface area contributed by atoms with Crippen LogP contribution in [0.15, 0.2) is 18.2 Å². The highest BCUT2D eigenvalue weighted by Gasteiger charge is 2.17. The highest BCUT2D eigenvalue weighted by atomic mass is 16.6. The Morgan fingerprint density at radius 2 is 1.83 bits per heavy atom. The number of ether oxygens (including phenoxy) is 1. The Kier molecular flexibility index (Phi) is 4.11. The Morgan fingerprint density at radius 3 is 2.33 bits per heavy atom. The van der Waals surface area contributed by atoms with Crippen molar-refractivity contribution in [3.63, 3.8) is 0 Å². The number of aryl methyl sites for hydroxylation is 1. The Hall–Kier alpha value is -1.84. The molecule has 0 aromatic heterocycles. The molecule has 1 amide bonds. The Balaban J connectivity index is 2.87. The summed E-state index contributed by atoms with van der Waals surface area (Å²) < 4.78 is 5.16. The van der Waals surface area contributed by atoms with E-state index in [1.165, 1.54) is 6.92 Å². The van der Waals surface area contributed by atoms with Gasteiger partial charge in [0.1, 0.15) is 5.60 Å². The third-order valence-corrected chi connectivity index (χ3v) is 2.28. The van der Waals surface area contributed by atoms with E-state index < -0.39 is 11.7 Å². The fourth-order valence-electron chi connectivity index (χ4n) is 1.39. The van der Waals surface area contributed by atoms with Crippen LogP contribution in [0.3, 0.4) is 0 Å². The summed E-state index contributed by atoms with van der Waals surface area (Å²) in [6.07, 6.45) is -0.522. The smallest absolute Gasteiger partial charge is 0.412 e. The van der Waals surface area contributed by atoms with Gasteiger partial charge in [0.2, 0.25) is 0 Å². The normalized spacial score (nSPS) is 10.9. The summed E-state index contributed by atoms with van der Waals surface area (Å²) in [6.45, 7) is 8.74. The molecular formula is C14H19NO3. The van der Waals surface area contributed by atoms with Crippen LogP contribution < -0.4 is 5.32 Å².